The second-order valence-corrected chi connectivity index (χ2v) is 8.71. The highest BCUT2D eigenvalue weighted by atomic mass is 19.4. The topological polar surface area (TPSA) is 145 Å². The van der Waals surface area contributed by atoms with Crippen molar-refractivity contribution in [2.75, 3.05) is 18.4 Å². The first-order valence-corrected chi connectivity index (χ1v) is 11.2. The highest BCUT2D eigenvalue weighted by molar-refractivity contribution is 6.10. The zero-order chi connectivity index (χ0) is 27.0. The van der Waals surface area contributed by atoms with Crippen molar-refractivity contribution in [3.05, 3.63) is 60.2 Å². The molecule has 2 aliphatic rings. The van der Waals surface area contributed by atoms with E-state index in [2.05, 4.69) is 15.4 Å². The quantitative estimate of drug-likeness (QED) is 0.365. The summed E-state index contributed by atoms with van der Waals surface area (Å²) in [6.07, 6.45) is -6.03. The van der Waals surface area contributed by atoms with E-state index in [1.807, 2.05) is 0 Å². The predicted molar refractivity (Wildman–Crippen MR) is 120 cm³/mol. The molecule has 2 aromatic carbocycles. The molecule has 0 saturated carbocycles. The van der Waals surface area contributed by atoms with Crippen molar-refractivity contribution >= 4 is 29.4 Å². The van der Waals surface area contributed by atoms with Gasteiger partial charge >= 0.3 is 18.3 Å². The summed E-state index contributed by atoms with van der Waals surface area (Å²) in [6, 6.07) is 12.2. The zero-order valence-electron chi connectivity index (χ0n) is 19.1. The minimum Gasteiger partial charge on any atom is -0.481 e. The number of carboxylic acids is 2. The molecule has 2 aromatic rings. The summed E-state index contributed by atoms with van der Waals surface area (Å²) in [4.78, 5) is 51.7. The molecule has 4 rings (SSSR count). The number of imide groups is 1. The molecule has 2 saturated heterocycles. The Bertz CT molecular complexity index is 1220. The molecule has 13 heteroatoms. The van der Waals surface area contributed by atoms with Crippen molar-refractivity contribution in [1.29, 1.82) is 0 Å². The number of rotatable bonds is 9. The number of ether oxygens (including phenoxy) is 1. The van der Waals surface area contributed by atoms with Crippen LogP contribution in [-0.2, 0) is 19.2 Å². The first-order chi connectivity index (χ1) is 17.4. The Kier molecular flexibility index (Phi) is 6.82. The molecule has 0 aromatic heterocycles. The Balaban J connectivity index is 1.68. The van der Waals surface area contributed by atoms with Gasteiger partial charge in [0, 0.05) is 24.8 Å². The van der Waals surface area contributed by atoms with Gasteiger partial charge < -0.3 is 20.3 Å². The number of aliphatic carboxylic acids is 2. The number of carboxylic acid groups (broad SMARTS) is 2. The number of hydrogen-bond donors (Lipinski definition) is 4. The van der Waals surface area contributed by atoms with E-state index in [9.17, 15) is 42.6 Å². The molecule has 0 aliphatic carbocycles. The van der Waals surface area contributed by atoms with Crippen LogP contribution in [0.15, 0.2) is 54.6 Å². The fourth-order valence-corrected chi connectivity index (χ4v) is 5.02. The van der Waals surface area contributed by atoms with Crippen molar-refractivity contribution in [3.63, 3.8) is 0 Å². The van der Waals surface area contributed by atoms with Gasteiger partial charge in [-0.3, -0.25) is 29.4 Å². The number of fused-ring (bicyclic) bond motifs is 1. The maximum atomic E-state index is 13.4. The Morgan fingerprint density at radius 1 is 1.05 bits per heavy atom. The fourth-order valence-electron chi connectivity index (χ4n) is 5.02. The summed E-state index contributed by atoms with van der Waals surface area (Å²) < 4.78 is 42.2. The molecule has 2 fully saturated rings. The highest BCUT2D eigenvalue weighted by Gasteiger charge is 2.69. The van der Waals surface area contributed by atoms with Crippen LogP contribution in [0, 0.1) is 11.8 Å². The van der Waals surface area contributed by atoms with E-state index in [0.717, 1.165) is 17.0 Å². The van der Waals surface area contributed by atoms with Crippen LogP contribution in [0.2, 0.25) is 0 Å². The molecule has 2 aliphatic heterocycles. The van der Waals surface area contributed by atoms with Crippen molar-refractivity contribution < 1.29 is 47.3 Å². The van der Waals surface area contributed by atoms with Gasteiger partial charge in [-0.15, -0.1) is 13.2 Å². The van der Waals surface area contributed by atoms with Gasteiger partial charge in [-0.25, -0.2) is 0 Å². The summed E-state index contributed by atoms with van der Waals surface area (Å²) >= 11 is 0. The monoisotopic (exact) mass is 521 g/mol. The Hall–Kier alpha value is -4.13. The van der Waals surface area contributed by atoms with Crippen LogP contribution < -0.4 is 15.4 Å². The molecule has 4 atom stereocenters. The summed E-state index contributed by atoms with van der Waals surface area (Å²) in [5.74, 6) is -8.39. The molecular formula is C24H22F3N3O7. The molecule has 0 radical (unpaired) electrons. The number of carbonyl (C=O) groups is 4. The molecule has 37 heavy (non-hydrogen) atoms. The Labute approximate surface area is 208 Å². The number of hydrogen-bond acceptors (Lipinski definition) is 7. The van der Waals surface area contributed by atoms with Crippen molar-refractivity contribution in [3.8, 4) is 5.75 Å². The second-order valence-electron chi connectivity index (χ2n) is 8.71. The lowest BCUT2D eigenvalue weighted by atomic mass is 9.77. The third-order valence-electron chi connectivity index (χ3n) is 6.45. The average Bonchev–Trinajstić information content (AvgIpc) is 3.28. The highest BCUT2D eigenvalue weighted by Crippen LogP contribution is 2.50. The van der Waals surface area contributed by atoms with Crippen LogP contribution in [0.5, 0.6) is 5.75 Å². The van der Waals surface area contributed by atoms with E-state index in [1.165, 1.54) is 12.1 Å². The van der Waals surface area contributed by atoms with Gasteiger partial charge in [0.25, 0.3) is 0 Å². The van der Waals surface area contributed by atoms with Gasteiger partial charge in [0.15, 0.2) is 0 Å². The largest absolute Gasteiger partial charge is 0.573 e. The average molecular weight is 521 g/mol. The van der Waals surface area contributed by atoms with Gasteiger partial charge in [-0.05, 0) is 29.8 Å². The SMILES string of the molecule is O=C(O)CC1(C(=O)O)NC(c2cccc(OC(F)(F)F)c2)C2C(=O)N(CCNc3ccccc3)C(=O)C21. The van der Waals surface area contributed by atoms with Gasteiger partial charge in [0.05, 0.1) is 18.3 Å². The number of alkyl halides is 3. The molecule has 4 unspecified atom stereocenters. The van der Waals surface area contributed by atoms with Gasteiger partial charge in [0.2, 0.25) is 11.8 Å². The summed E-state index contributed by atoms with van der Waals surface area (Å²) in [6.45, 7) is -0.000779. The molecule has 4 N–H and O–H groups in total. The lowest BCUT2D eigenvalue weighted by Gasteiger charge is -2.29. The number of benzene rings is 2. The molecule has 0 bridgehead atoms. The standard InChI is InChI=1S/C24H22F3N3O7/c25-24(26,27)37-15-8-4-5-13(11-15)19-17-18(23(29-19,22(35)36)12-16(31)32)21(34)30(20(17)33)10-9-28-14-6-2-1-3-7-14/h1-8,11,17-19,28-29H,9-10,12H2,(H,31,32)(H,35,36). The first kappa shape index (κ1) is 25.9. The summed E-state index contributed by atoms with van der Waals surface area (Å²) in [7, 11) is 0. The molecular weight excluding hydrogens is 499 g/mol. The van der Waals surface area contributed by atoms with Crippen LogP contribution in [0.25, 0.3) is 0 Å². The summed E-state index contributed by atoms with van der Waals surface area (Å²) in [5.41, 5.74) is -1.61. The number of para-hydroxylation sites is 1. The lowest BCUT2D eigenvalue weighted by Crippen LogP contribution is -2.57. The number of carbonyl (C=O) groups excluding carboxylic acids is 2. The molecule has 0 spiro atoms. The van der Waals surface area contributed by atoms with Crippen molar-refractivity contribution in [1.82, 2.24) is 10.2 Å². The van der Waals surface area contributed by atoms with E-state index >= 15 is 0 Å². The third-order valence-corrected chi connectivity index (χ3v) is 6.45. The predicted octanol–water partition coefficient (Wildman–Crippen LogP) is 2.24. The number of nitrogens with zero attached hydrogens (tertiary/aromatic N) is 1. The summed E-state index contributed by atoms with van der Waals surface area (Å²) in [5, 5.41) is 25.1. The van der Waals surface area contributed by atoms with Crippen LogP contribution in [0.4, 0.5) is 18.9 Å². The number of anilines is 1. The zero-order valence-corrected chi connectivity index (χ0v) is 19.1. The maximum Gasteiger partial charge on any atom is 0.573 e. The molecule has 2 amide bonds. The van der Waals surface area contributed by atoms with Gasteiger partial charge in [0.1, 0.15) is 11.3 Å². The maximum absolute atomic E-state index is 13.4. The molecule has 10 nitrogen and oxygen atoms in total. The second kappa shape index (κ2) is 9.73. The fraction of sp³-hybridized carbons (Fsp3) is 0.333. The molecule has 196 valence electrons. The number of halogens is 3. The van der Waals surface area contributed by atoms with E-state index in [0.29, 0.717) is 5.69 Å². The minimum atomic E-state index is -5.00. The van der Waals surface area contributed by atoms with Crippen molar-refractivity contribution in [2.45, 2.75) is 24.4 Å². The van der Waals surface area contributed by atoms with Crippen LogP contribution in [-0.4, -0.2) is 63.9 Å². The van der Waals surface area contributed by atoms with E-state index in [1.54, 1.807) is 30.3 Å². The minimum absolute atomic E-state index is 0.0377. The number of likely N-dealkylation sites (tertiary alicyclic amines) is 1. The third kappa shape index (κ3) is 5.07. The van der Waals surface area contributed by atoms with Crippen LogP contribution in [0.3, 0.4) is 0 Å². The smallest absolute Gasteiger partial charge is 0.481 e. The Morgan fingerprint density at radius 2 is 1.76 bits per heavy atom. The number of nitrogens with one attached hydrogen (secondary N) is 2. The first-order valence-electron chi connectivity index (χ1n) is 11.2. The van der Waals surface area contributed by atoms with Gasteiger partial charge in [-0.1, -0.05) is 30.3 Å². The van der Waals surface area contributed by atoms with Crippen LogP contribution in [0.1, 0.15) is 18.0 Å². The van der Waals surface area contributed by atoms with Crippen LogP contribution >= 0.6 is 0 Å². The van der Waals surface area contributed by atoms with E-state index < -0.39 is 65.7 Å². The number of amides is 2. The van der Waals surface area contributed by atoms with E-state index in [-0.39, 0.29) is 18.7 Å². The van der Waals surface area contributed by atoms with Crippen molar-refractivity contribution in [2.24, 2.45) is 11.8 Å². The lowest BCUT2D eigenvalue weighted by molar-refractivity contribution is -0.274. The van der Waals surface area contributed by atoms with Gasteiger partial charge in [-0.2, -0.15) is 0 Å². The molecule has 2 heterocycles. The van der Waals surface area contributed by atoms with E-state index in [4.69, 9.17) is 0 Å². The Morgan fingerprint density at radius 3 is 2.38 bits per heavy atom. The normalized spacial score (nSPS) is 25.2.